The maximum atomic E-state index is 11.5. The second-order valence-corrected chi connectivity index (χ2v) is 3.76. The van der Waals surface area contributed by atoms with Crippen molar-refractivity contribution < 1.29 is 14.3 Å². The molecule has 19 heavy (non-hydrogen) atoms. The summed E-state index contributed by atoms with van der Waals surface area (Å²) < 4.78 is 4.89. The summed E-state index contributed by atoms with van der Waals surface area (Å²) in [5, 5.41) is 5.15. The minimum absolute atomic E-state index is 0.244. The van der Waals surface area contributed by atoms with Crippen LogP contribution >= 0.6 is 0 Å². The van der Waals surface area contributed by atoms with Gasteiger partial charge in [-0.1, -0.05) is 13.3 Å². The fraction of sp³-hybridized carbons (Fsp3) is 0.500. The Morgan fingerprint density at radius 2 is 2.05 bits per heavy atom. The van der Waals surface area contributed by atoms with Gasteiger partial charge in [0.05, 0.1) is 12.8 Å². The van der Waals surface area contributed by atoms with Crippen LogP contribution in [0.1, 0.15) is 30.3 Å². The zero-order valence-electron chi connectivity index (χ0n) is 10.9. The summed E-state index contributed by atoms with van der Waals surface area (Å²) in [7, 11) is 0. The van der Waals surface area contributed by atoms with Crippen molar-refractivity contribution in [2.24, 2.45) is 0 Å². The Morgan fingerprint density at radius 1 is 1.26 bits per heavy atom. The average molecular weight is 266 g/mol. The van der Waals surface area contributed by atoms with Gasteiger partial charge in [0.15, 0.2) is 0 Å². The fourth-order valence-electron chi connectivity index (χ4n) is 1.21. The lowest BCUT2D eigenvalue weighted by molar-refractivity contribution is 0.0946. The Balaban J connectivity index is 2.11. The number of rotatable bonds is 7. The third-order valence-corrected chi connectivity index (χ3v) is 2.21. The van der Waals surface area contributed by atoms with Gasteiger partial charge in [0.1, 0.15) is 5.69 Å². The van der Waals surface area contributed by atoms with Gasteiger partial charge in [-0.3, -0.25) is 9.78 Å². The first-order valence-electron chi connectivity index (χ1n) is 6.19. The smallest absolute Gasteiger partial charge is 0.407 e. The zero-order chi connectivity index (χ0) is 13.9. The Labute approximate surface area is 111 Å². The summed E-state index contributed by atoms with van der Waals surface area (Å²) in [6.07, 6.45) is 5.66. The van der Waals surface area contributed by atoms with Crippen LogP contribution in [0, 0.1) is 0 Å². The van der Waals surface area contributed by atoms with E-state index in [1.54, 1.807) is 0 Å². The number of hydrogen-bond donors (Lipinski definition) is 2. The molecule has 0 aliphatic rings. The highest BCUT2D eigenvalue weighted by Crippen LogP contribution is 1.89. The topological polar surface area (TPSA) is 93.2 Å². The van der Waals surface area contributed by atoms with Crippen LogP contribution < -0.4 is 10.6 Å². The highest BCUT2D eigenvalue weighted by Gasteiger charge is 2.06. The molecule has 2 amide bonds. The second-order valence-electron chi connectivity index (χ2n) is 3.76. The molecule has 0 bridgehead atoms. The van der Waals surface area contributed by atoms with Crippen molar-refractivity contribution in [2.75, 3.05) is 19.7 Å². The molecule has 0 radical (unpaired) electrons. The molecular weight excluding hydrogens is 248 g/mol. The number of hydrogen-bond acceptors (Lipinski definition) is 5. The molecule has 0 fully saturated rings. The molecule has 0 aliphatic carbocycles. The highest BCUT2D eigenvalue weighted by molar-refractivity contribution is 5.91. The number of nitrogens with one attached hydrogen (secondary N) is 2. The van der Waals surface area contributed by atoms with E-state index in [0.29, 0.717) is 19.7 Å². The van der Waals surface area contributed by atoms with Gasteiger partial charge >= 0.3 is 6.09 Å². The molecular formula is C12H18N4O3. The van der Waals surface area contributed by atoms with E-state index >= 15 is 0 Å². The SMILES string of the molecule is CCCCOC(=O)NCCNC(=O)c1cnccn1. The van der Waals surface area contributed by atoms with Crippen LogP contribution in [0.3, 0.4) is 0 Å². The molecule has 0 aliphatic heterocycles. The van der Waals surface area contributed by atoms with Gasteiger partial charge in [-0.2, -0.15) is 0 Å². The molecule has 0 unspecified atom stereocenters. The number of aromatic nitrogens is 2. The minimum atomic E-state index is -0.470. The third kappa shape index (κ3) is 6.35. The summed E-state index contributed by atoms with van der Waals surface area (Å²) >= 11 is 0. The van der Waals surface area contributed by atoms with Gasteiger partial charge < -0.3 is 15.4 Å². The van der Waals surface area contributed by atoms with E-state index in [4.69, 9.17) is 4.74 Å². The quantitative estimate of drug-likeness (QED) is 0.710. The maximum Gasteiger partial charge on any atom is 0.407 e. The van der Waals surface area contributed by atoms with Crippen molar-refractivity contribution in [1.29, 1.82) is 0 Å². The molecule has 0 atom stereocenters. The van der Waals surface area contributed by atoms with Gasteiger partial charge in [-0.25, -0.2) is 9.78 Å². The number of ether oxygens (including phenoxy) is 1. The van der Waals surface area contributed by atoms with E-state index in [9.17, 15) is 9.59 Å². The van der Waals surface area contributed by atoms with Crippen LogP contribution in [0.2, 0.25) is 0 Å². The van der Waals surface area contributed by atoms with Gasteiger partial charge in [0.2, 0.25) is 0 Å². The lowest BCUT2D eigenvalue weighted by atomic mass is 10.4. The standard InChI is InChI=1S/C12H18N4O3/c1-2-3-8-19-12(18)16-7-6-15-11(17)10-9-13-4-5-14-10/h4-5,9H,2-3,6-8H2,1H3,(H,15,17)(H,16,18). The van der Waals surface area contributed by atoms with Crippen LogP contribution in [-0.2, 0) is 4.74 Å². The maximum absolute atomic E-state index is 11.5. The summed E-state index contributed by atoms with van der Waals surface area (Å²) in [5.74, 6) is -0.325. The number of alkyl carbamates (subject to hydrolysis) is 1. The highest BCUT2D eigenvalue weighted by atomic mass is 16.5. The minimum Gasteiger partial charge on any atom is -0.450 e. The van der Waals surface area contributed by atoms with E-state index in [-0.39, 0.29) is 11.6 Å². The first kappa shape index (κ1) is 14.9. The normalized spacial score (nSPS) is 9.74. The molecule has 0 aromatic carbocycles. The molecule has 2 N–H and O–H groups in total. The predicted molar refractivity (Wildman–Crippen MR) is 68.6 cm³/mol. The Hall–Kier alpha value is -2.18. The Kier molecular flexibility index (Phi) is 6.93. The summed E-state index contributed by atoms with van der Waals surface area (Å²) in [4.78, 5) is 30.4. The summed E-state index contributed by atoms with van der Waals surface area (Å²) in [5.41, 5.74) is 0.244. The van der Waals surface area contributed by atoms with Crippen LogP contribution in [0.15, 0.2) is 18.6 Å². The summed E-state index contributed by atoms with van der Waals surface area (Å²) in [6, 6.07) is 0. The first-order valence-corrected chi connectivity index (χ1v) is 6.19. The van der Waals surface area contributed by atoms with Gasteiger partial charge in [-0.15, -0.1) is 0 Å². The predicted octanol–water partition coefficient (Wildman–Crippen LogP) is 0.733. The van der Waals surface area contributed by atoms with Crippen LogP contribution in [0.5, 0.6) is 0 Å². The largest absolute Gasteiger partial charge is 0.450 e. The first-order chi connectivity index (χ1) is 9.24. The molecule has 7 heteroatoms. The van der Waals surface area contributed by atoms with Gasteiger partial charge in [-0.05, 0) is 6.42 Å². The van der Waals surface area contributed by atoms with E-state index in [0.717, 1.165) is 12.8 Å². The molecule has 1 heterocycles. The Morgan fingerprint density at radius 3 is 2.74 bits per heavy atom. The van der Waals surface area contributed by atoms with Crippen molar-refractivity contribution >= 4 is 12.0 Å². The monoisotopic (exact) mass is 266 g/mol. The molecule has 1 aromatic heterocycles. The van der Waals surface area contributed by atoms with E-state index in [2.05, 4.69) is 20.6 Å². The lowest BCUT2D eigenvalue weighted by Gasteiger charge is -2.07. The second kappa shape index (κ2) is 8.84. The number of nitrogens with zero attached hydrogens (tertiary/aromatic N) is 2. The lowest BCUT2D eigenvalue weighted by Crippen LogP contribution is -2.35. The van der Waals surface area contributed by atoms with Crippen LogP contribution in [0.25, 0.3) is 0 Å². The zero-order valence-corrected chi connectivity index (χ0v) is 10.9. The number of unbranched alkanes of at least 4 members (excludes halogenated alkanes) is 1. The molecule has 7 nitrogen and oxygen atoms in total. The number of amides is 2. The number of carbonyl (C=O) groups is 2. The molecule has 1 rings (SSSR count). The number of carbonyl (C=O) groups excluding carboxylic acids is 2. The summed E-state index contributed by atoms with van der Waals surface area (Å²) in [6.45, 7) is 3.03. The molecule has 0 saturated heterocycles. The van der Waals surface area contributed by atoms with Gasteiger partial charge in [0.25, 0.3) is 5.91 Å². The molecule has 0 saturated carbocycles. The molecule has 104 valence electrons. The van der Waals surface area contributed by atoms with E-state index in [1.165, 1.54) is 18.6 Å². The third-order valence-electron chi connectivity index (χ3n) is 2.21. The van der Waals surface area contributed by atoms with Gasteiger partial charge in [0, 0.05) is 25.5 Å². The van der Waals surface area contributed by atoms with Crippen molar-refractivity contribution in [2.45, 2.75) is 19.8 Å². The molecule has 0 spiro atoms. The van der Waals surface area contributed by atoms with E-state index < -0.39 is 6.09 Å². The molecule has 1 aromatic rings. The van der Waals surface area contributed by atoms with E-state index in [1.807, 2.05) is 6.92 Å². The Bertz CT molecular complexity index is 397. The van der Waals surface area contributed by atoms with Crippen LogP contribution in [-0.4, -0.2) is 41.7 Å². The van der Waals surface area contributed by atoms with Crippen molar-refractivity contribution in [3.05, 3.63) is 24.3 Å². The van der Waals surface area contributed by atoms with Crippen LogP contribution in [0.4, 0.5) is 4.79 Å². The van der Waals surface area contributed by atoms with Crippen molar-refractivity contribution in [3.8, 4) is 0 Å². The van der Waals surface area contributed by atoms with Crippen molar-refractivity contribution in [1.82, 2.24) is 20.6 Å². The average Bonchev–Trinajstić information content (AvgIpc) is 2.44. The van der Waals surface area contributed by atoms with Crippen molar-refractivity contribution in [3.63, 3.8) is 0 Å². The fourth-order valence-corrected chi connectivity index (χ4v) is 1.21.